The fourth-order valence-corrected chi connectivity index (χ4v) is 2.51. The van der Waals surface area contributed by atoms with Crippen molar-refractivity contribution in [2.75, 3.05) is 0 Å². The summed E-state index contributed by atoms with van der Waals surface area (Å²) in [6.45, 7) is -0.254. The number of hydrogen-bond acceptors (Lipinski definition) is 4. The molecule has 2 N–H and O–H groups in total. The summed E-state index contributed by atoms with van der Waals surface area (Å²) in [7, 11) is 0. The molecule has 1 heterocycles. The molecular weight excluding hydrogens is 274 g/mol. The minimum Gasteiger partial charge on any atom is -0.476 e. The summed E-state index contributed by atoms with van der Waals surface area (Å²) in [5, 5.41) is 15.4. The van der Waals surface area contributed by atoms with Crippen molar-refractivity contribution >= 4 is 11.9 Å². The van der Waals surface area contributed by atoms with Gasteiger partial charge in [-0.05, 0) is 18.9 Å². The molecule has 1 amide bonds. The molecule has 1 fully saturated rings. The predicted octanol–water partition coefficient (Wildman–Crippen LogP) is 0.780. The number of nitrogens with one attached hydrogen (secondary N) is 1. The zero-order chi connectivity index (χ0) is 15.2. The molecule has 1 aliphatic rings. The minimum absolute atomic E-state index is 0.137. The van der Waals surface area contributed by atoms with Gasteiger partial charge in [-0.1, -0.05) is 25.7 Å². The van der Waals surface area contributed by atoms with Gasteiger partial charge in [0.15, 0.2) is 5.69 Å². The van der Waals surface area contributed by atoms with Gasteiger partial charge < -0.3 is 10.4 Å². The van der Waals surface area contributed by atoms with Crippen LogP contribution in [0, 0.1) is 0 Å². The van der Waals surface area contributed by atoms with Gasteiger partial charge in [0.05, 0.1) is 0 Å². The molecule has 1 aromatic rings. The van der Waals surface area contributed by atoms with Gasteiger partial charge in [0.1, 0.15) is 6.54 Å². The summed E-state index contributed by atoms with van der Waals surface area (Å²) in [5.74, 6) is -1.54. The van der Waals surface area contributed by atoms with Crippen LogP contribution in [-0.4, -0.2) is 32.8 Å². The molecule has 1 saturated carbocycles. The monoisotopic (exact) mass is 293 g/mol. The highest BCUT2D eigenvalue weighted by atomic mass is 16.4. The Morgan fingerprint density at radius 3 is 2.52 bits per heavy atom. The van der Waals surface area contributed by atoms with Gasteiger partial charge in [0.25, 0.3) is 5.56 Å². The lowest BCUT2D eigenvalue weighted by Gasteiger charge is -2.16. The van der Waals surface area contributed by atoms with E-state index in [9.17, 15) is 14.4 Å². The van der Waals surface area contributed by atoms with Crippen LogP contribution in [0.25, 0.3) is 0 Å². The molecule has 0 radical (unpaired) electrons. The topological polar surface area (TPSA) is 101 Å². The van der Waals surface area contributed by atoms with Crippen molar-refractivity contribution in [3.8, 4) is 0 Å². The first kappa shape index (κ1) is 15.2. The van der Waals surface area contributed by atoms with Crippen LogP contribution in [0.2, 0.25) is 0 Å². The number of carboxylic acid groups (broad SMARTS) is 1. The molecule has 0 aromatic carbocycles. The Bertz CT molecular complexity index is 574. The molecule has 2 rings (SSSR count). The van der Waals surface area contributed by atoms with Crippen LogP contribution >= 0.6 is 0 Å². The quantitative estimate of drug-likeness (QED) is 0.799. The summed E-state index contributed by atoms with van der Waals surface area (Å²) in [6, 6.07) is 2.37. The second kappa shape index (κ2) is 7.01. The van der Waals surface area contributed by atoms with Crippen molar-refractivity contribution in [2.45, 2.75) is 51.1 Å². The summed E-state index contributed by atoms with van der Waals surface area (Å²) in [5.41, 5.74) is -0.743. The highest BCUT2D eigenvalue weighted by Crippen LogP contribution is 2.17. The third-order valence-corrected chi connectivity index (χ3v) is 3.60. The van der Waals surface area contributed by atoms with E-state index in [1.165, 1.54) is 12.8 Å². The van der Waals surface area contributed by atoms with Crippen molar-refractivity contribution in [3.63, 3.8) is 0 Å². The van der Waals surface area contributed by atoms with E-state index in [0.29, 0.717) is 0 Å². The molecule has 0 unspecified atom stereocenters. The van der Waals surface area contributed by atoms with E-state index >= 15 is 0 Å². The SMILES string of the molecule is O=C(Cn1nc(C(=O)O)ccc1=O)NC1CCCCCC1. The highest BCUT2D eigenvalue weighted by Gasteiger charge is 2.16. The van der Waals surface area contributed by atoms with Crippen LogP contribution in [0.15, 0.2) is 16.9 Å². The van der Waals surface area contributed by atoms with E-state index in [2.05, 4.69) is 10.4 Å². The second-order valence-corrected chi connectivity index (χ2v) is 5.28. The van der Waals surface area contributed by atoms with E-state index in [0.717, 1.165) is 42.5 Å². The van der Waals surface area contributed by atoms with E-state index in [4.69, 9.17) is 5.11 Å². The largest absolute Gasteiger partial charge is 0.476 e. The Morgan fingerprint density at radius 1 is 1.24 bits per heavy atom. The van der Waals surface area contributed by atoms with Gasteiger partial charge in [-0.3, -0.25) is 9.59 Å². The number of aromatic nitrogens is 2. The standard InChI is InChI=1S/C14H19N3O4/c18-12(15-10-5-3-1-2-4-6-10)9-17-13(19)8-7-11(16-17)14(20)21/h7-8,10H,1-6,9H2,(H,15,18)(H,20,21). The number of carbonyl (C=O) groups excluding carboxylic acids is 1. The first-order chi connectivity index (χ1) is 10.1. The average Bonchev–Trinajstić information content (AvgIpc) is 2.69. The number of carbonyl (C=O) groups is 2. The van der Waals surface area contributed by atoms with Crippen LogP contribution in [-0.2, 0) is 11.3 Å². The summed E-state index contributed by atoms with van der Waals surface area (Å²) in [6.07, 6.45) is 6.46. The van der Waals surface area contributed by atoms with Gasteiger partial charge in [-0.2, -0.15) is 5.10 Å². The summed E-state index contributed by atoms with van der Waals surface area (Å²) < 4.78 is 0.884. The van der Waals surface area contributed by atoms with Gasteiger partial charge in [0.2, 0.25) is 5.91 Å². The zero-order valence-corrected chi connectivity index (χ0v) is 11.7. The predicted molar refractivity (Wildman–Crippen MR) is 75.1 cm³/mol. The van der Waals surface area contributed by atoms with Crippen LogP contribution in [0.3, 0.4) is 0 Å². The summed E-state index contributed by atoms with van der Waals surface area (Å²) >= 11 is 0. The lowest BCUT2D eigenvalue weighted by atomic mass is 10.1. The Kier molecular flexibility index (Phi) is 5.08. The molecular formula is C14H19N3O4. The Balaban J connectivity index is 2.00. The Hall–Kier alpha value is -2.18. The van der Waals surface area contributed by atoms with Gasteiger partial charge in [-0.25, -0.2) is 9.48 Å². The normalized spacial score (nSPS) is 16.2. The maximum absolute atomic E-state index is 12.0. The summed E-state index contributed by atoms with van der Waals surface area (Å²) in [4.78, 5) is 34.4. The van der Waals surface area contributed by atoms with Crippen molar-refractivity contribution < 1.29 is 14.7 Å². The number of nitrogens with zero attached hydrogens (tertiary/aromatic N) is 2. The van der Waals surface area contributed by atoms with Crippen LogP contribution < -0.4 is 10.9 Å². The van der Waals surface area contributed by atoms with Crippen molar-refractivity contribution in [2.24, 2.45) is 0 Å². The zero-order valence-electron chi connectivity index (χ0n) is 11.7. The molecule has 21 heavy (non-hydrogen) atoms. The molecule has 7 heteroatoms. The van der Waals surface area contributed by atoms with E-state index in [1.54, 1.807) is 0 Å². The van der Waals surface area contributed by atoms with E-state index in [-0.39, 0.29) is 24.2 Å². The molecule has 0 saturated heterocycles. The number of aromatic carboxylic acids is 1. The number of carboxylic acids is 1. The van der Waals surface area contributed by atoms with Gasteiger partial charge in [0, 0.05) is 12.1 Å². The van der Waals surface area contributed by atoms with E-state index < -0.39 is 11.5 Å². The van der Waals surface area contributed by atoms with Gasteiger partial charge in [-0.15, -0.1) is 0 Å². The molecule has 0 atom stereocenters. The maximum atomic E-state index is 12.0. The minimum atomic E-state index is -1.23. The second-order valence-electron chi connectivity index (χ2n) is 5.28. The fraction of sp³-hybridized carbons (Fsp3) is 0.571. The molecule has 1 aliphatic carbocycles. The smallest absolute Gasteiger partial charge is 0.356 e. The molecule has 114 valence electrons. The molecule has 0 spiro atoms. The van der Waals surface area contributed by atoms with E-state index in [1.807, 2.05) is 0 Å². The third kappa shape index (κ3) is 4.40. The lowest BCUT2D eigenvalue weighted by Crippen LogP contribution is -2.39. The Labute approximate surface area is 122 Å². The number of rotatable bonds is 4. The maximum Gasteiger partial charge on any atom is 0.356 e. The number of amides is 1. The van der Waals surface area contributed by atoms with Gasteiger partial charge >= 0.3 is 5.97 Å². The molecule has 1 aromatic heterocycles. The van der Waals surface area contributed by atoms with Crippen LogP contribution in [0.5, 0.6) is 0 Å². The molecule has 7 nitrogen and oxygen atoms in total. The highest BCUT2D eigenvalue weighted by molar-refractivity contribution is 5.85. The Morgan fingerprint density at radius 2 is 1.90 bits per heavy atom. The third-order valence-electron chi connectivity index (χ3n) is 3.60. The lowest BCUT2D eigenvalue weighted by molar-refractivity contribution is -0.122. The van der Waals surface area contributed by atoms with Crippen LogP contribution in [0.4, 0.5) is 0 Å². The van der Waals surface area contributed by atoms with Crippen molar-refractivity contribution in [1.29, 1.82) is 0 Å². The first-order valence-electron chi connectivity index (χ1n) is 7.17. The first-order valence-corrected chi connectivity index (χ1v) is 7.17. The molecule has 0 bridgehead atoms. The average molecular weight is 293 g/mol. The van der Waals surface area contributed by atoms with Crippen molar-refractivity contribution in [3.05, 3.63) is 28.2 Å². The van der Waals surface area contributed by atoms with Crippen molar-refractivity contribution in [1.82, 2.24) is 15.1 Å². The fourth-order valence-electron chi connectivity index (χ4n) is 2.51. The molecule has 0 aliphatic heterocycles. The number of hydrogen-bond donors (Lipinski definition) is 2. The van der Waals surface area contributed by atoms with Crippen LogP contribution in [0.1, 0.15) is 49.0 Å².